The zero-order valence-electron chi connectivity index (χ0n) is 17.6. The van der Waals surface area contributed by atoms with E-state index in [9.17, 15) is 9.59 Å². The second-order valence-corrected chi connectivity index (χ2v) is 10.0. The van der Waals surface area contributed by atoms with Crippen LogP contribution in [0.4, 0.5) is 16.2 Å². The first kappa shape index (κ1) is 21.3. The first-order chi connectivity index (χ1) is 15.6. The molecule has 0 unspecified atom stereocenters. The Morgan fingerprint density at radius 1 is 1.12 bits per heavy atom. The maximum Gasteiger partial charge on any atom is 0.414 e. The Labute approximate surface area is 196 Å². The third kappa shape index (κ3) is 4.61. The number of halogens is 1. The monoisotopic (exact) mass is 472 g/mol. The van der Waals surface area contributed by atoms with Crippen LogP contribution in [0.5, 0.6) is 0 Å². The van der Waals surface area contributed by atoms with Gasteiger partial charge in [0.25, 0.3) is 5.91 Å². The minimum Gasteiger partial charge on any atom is -0.442 e. The van der Waals surface area contributed by atoms with E-state index in [1.807, 2.05) is 12.1 Å². The van der Waals surface area contributed by atoms with Gasteiger partial charge in [-0.25, -0.2) is 4.79 Å². The molecule has 2 aliphatic heterocycles. The number of amidine groups is 1. The van der Waals surface area contributed by atoms with Gasteiger partial charge in [-0.05, 0) is 62.1 Å². The summed E-state index contributed by atoms with van der Waals surface area (Å²) in [5, 5.41) is 2.82. The van der Waals surface area contributed by atoms with Crippen molar-refractivity contribution in [1.82, 2.24) is 5.32 Å². The molecule has 1 aromatic carbocycles. The molecule has 1 aliphatic carbocycles. The van der Waals surface area contributed by atoms with Crippen molar-refractivity contribution in [3.8, 4) is 0 Å². The lowest BCUT2D eigenvalue weighted by Crippen LogP contribution is -2.34. The number of rotatable bonds is 6. The van der Waals surface area contributed by atoms with E-state index in [4.69, 9.17) is 21.3 Å². The summed E-state index contributed by atoms with van der Waals surface area (Å²) in [6.45, 7) is 2.54. The number of nitrogens with one attached hydrogen (secondary N) is 1. The number of cyclic esters (lactones) is 1. The van der Waals surface area contributed by atoms with Crippen LogP contribution in [-0.2, 0) is 4.74 Å². The number of carbonyl (C=O) groups excluding carboxylic acids is 2. The highest BCUT2D eigenvalue weighted by atomic mass is 35.5. The quantitative estimate of drug-likeness (QED) is 0.668. The van der Waals surface area contributed by atoms with Crippen molar-refractivity contribution in [2.45, 2.75) is 31.8 Å². The van der Waals surface area contributed by atoms with Crippen LogP contribution in [0.3, 0.4) is 0 Å². The summed E-state index contributed by atoms with van der Waals surface area (Å²) in [6.07, 6.45) is 3.91. The number of nitrogens with zero attached hydrogens (tertiary/aromatic N) is 3. The molecule has 3 aliphatic rings. The minimum absolute atomic E-state index is 0.216. The van der Waals surface area contributed by atoms with Crippen molar-refractivity contribution in [3.05, 3.63) is 45.6 Å². The van der Waals surface area contributed by atoms with Crippen molar-refractivity contribution in [3.63, 3.8) is 0 Å². The predicted molar refractivity (Wildman–Crippen MR) is 127 cm³/mol. The Morgan fingerprint density at radius 3 is 2.56 bits per heavy atom. The molecule has 32 heavy (non-hydrogen) atoms. The minimum atomic E-state index is -0.402. The van der Waals surface area contributed by atoms with E-state index in [1.54, 1.807) is 17.0 Å². The van der Waals surface area contributed by atoms with Gasteiger partial charge in [0.05, 0.1) is 22.3 Å². The zero-order valence-corrected chi connectivity index (χ0v) is 19.2. The van der Waals surface area contributed by atoms with Crippen molar-refractivity contribution >= 4 is 52.1 Å². The van der Waals surface area contributed by atoms with E-state index < -0.39 is 12.2 Å². The van der Waals surface area contributed by atoms with E-state index in [-0.39, 0.29) is 12.5 Å². The Balaban J connectivity index is 1.21. The lowest BCUT2D eigenvalue weighted by atomic mass is 10.2. The Morgan fingerprint density at radius 2 is 1.88 bits per heavy atom. The van der Waals surface area contributed by atoms with Gasteiger partial charge in [-0.2, -0.15) is 0 Å². The first-order valence-corrected chi connectivity index (χ1v) is 12.2. The molecule has 7 nitrogen and oxygen atoms in total. The number of thiophene rings is 1. The summed E-state index contributed by atoms with van der Waals surface area (Å²) in [4.78, 5) is 34.0. The number of amides is 2. The molecule has 2 amide bonds. The molecule has 9 heteroatoms. The van der Waals surface area contributed by atoms with Crippen LogP contribution < -0.4 is 15.1 Å². The van der Waals surface area contributed by atoms with E-state index in [0.29, 0.717) is 21.7 Å². The molecule has 0 spiro atoms. The van der Waals surface area contributed by atoms with Gasteiger partial charge in [0, 0.05) is 30.4 Å². The molecule has 1 aromatic heterocycles. The molecule has 168 valence electrons. The van der Waals surface area contributed by atoms with E-state index in [2.05, 4.69) is 22.3 Å². The molecule has 1 saturated carbocycles. The van der Waals surface area contributed by atoms with Gasteiger partial charge in [-0.3, -0.25) is 14.7 Å². The third-order valence-electron chi connectivity index (χ3n) is 5.92. The number of carbonyl (C=O) groups is 2. The second-order valence-electron chi connectivity index (χ2n) is 8.32. The normalized spacial score (nSPS) is 21.2. The zero-order chi connectivity index (χ0) is 22.1. The summed E-state index contributed by atoms with van der Waals surface area (Å²) in [6, 6.07) is 11.4. The lowest BCUT2D eigenvalue weighted by molar-refractivity contribution is 0.0920. The average molecular weight is 473 g/mol. The standard InChI is InChI=1S/C23H25ClN4O3S/c24-20-10-9-19(32-20)22(29)26-13-18-14-28(23(30)31-18)17-7-5-16(6-8-17)27-12-2-1-11-25-21(27)15-3-4-15/h5-10,15,18H,1-4,11-14H2,(H,26,29)/t18-/m0/s1. The van der Waals surface area contributed by atoms with Crippen LogP contribution in [0.1, 0.15) is 35.4 Å². The van der Waals surface area contributed by atoms with E-state index >= 15 is 0 Å². The molecule has 0 radical (unpaired) electrons. The molecular weight excluding hydrogens is 448 g/mol. The maximum atomic E-state index is 12.4. The largest absolute Gasteiger partial charge is 0.442 e. The fourth-order valence-corrected chi connectivity index (χ4v) is 5.07. The average Bonchev–Trinajstić information content (AvgIpc) is 3.50. The summed E-state index contributed by atoms with van der Waals surface area (Å²) in [5.41, 5.74) is 1.91. The van der Waals surface area contributed by atoms with Crippen LogP contribution in [0.2, 0.25) is 4.34 Å². The Kier molecular flexibility index (Phi) is 6.06. The number of anilines is 2. The van der Waals surface area contributed by atoms with Gasteiger partial charge >= 0.3 is 6.09 Å². The molecule has 3 heterocycles. The molecule has 5 rings (SSSR count). The van der Waals surface area contributed by atoms with Crippen LogP contribution in [-0.4, -0.2) is 50.1 Å². The van der Waals surface area contributed by atoms with Crippen LogP contribution >= 0.6 is 22.9 Å². The Hall–Kier alpha value is -2.58. The predicted octanol–water partition coefficient (Wildman–Crippen LogP) is 4.57. The number of aliphatic imine (C=N–C) groups is 1. The van der Waals surface area contributed by atoms with Crippen molar-refractivity contribution < 1.29 is 14.3 Å². The summed E-state index contributed by atoms with van der Waals surface area (Å²) < 4.78 is 6.02. The summed E-state index contributed by atoms with van der Waals surface area (Å²) in [5.74, 6) is 1.60. The van der Waals surface area contributed by atoms with Crippen molar-refractivity contribution in [2.75, 3.05) is 36.0 Å². The molecular formula is C23H25ClN4O3S. The Bertz CT molecular complexity index is 1030. The highest BCUT2D eigenvalue weighted by molar-refractivity contribution is 7.18. The summed E-state index contributed by atoms with van der Waals surface area (Å²) >= 11 is 7.10. The van der Waals surface area contributed by atoms with Gasteiger partial charge in [0.2, 0.25) is 0 Å². The van der Waals surface area contributed by atoms with E-state index in [1.165, 1.54) is 30.0 Å². The van der Waals surface area contributed by atoms with Crippen LogP contribution in [0.25, 0.3) is 0 Å². The lowest BCUT2D eigenvalue weighted by Gasteiger charge is -2.25. The van der Waals surface area contributed by atoms with Crippen LogP contribution in [0, 0.1) is 5.92 Å². The SMILES string of the molecule is O=C(NC[C@H]1CN(c2ccc(N3CCCCN=C3C3CC3)cc2)C(=O)O1)c1ccc(Cl)s1. The number of hydrogen-bond acceptors (Lipinski definition) is 6. The highest BCUT2D eigenvalue weighted by Crippen LogP contribution is 2.35. The molecule has 1 N–H and O–H groups in total. The second kappa shape index (κ2) is 9.11. The van der Waals surface area contributed by atoms with Crippen molar-refractivity contribution in [2.24, 2.45) is 10.9 Å². The van der Waals surface area contributed by atoms with Gasteiger partial charge < -0.3 is 15.0 Å². The van der Waals surface area contributed by atoms with Gasteiger partial charge in [0.1, 0.15) is 11.9 Å². The molecule has 2 aromatic rings. The topological polar surface area (TPSA) is 74.2 Å². The molecule has 0 bridgehead atoms. The van der Waals surface area contributed by atoms with E-state index in [0.717, 1.165) is 37.3 Å². The van der Waals surface area contributed by atoms with Gasteiger partial charge in [0.15, 0.2) is 0 Å². The number of benzene rings is 1. The fourth-order valence-electron chi connectivity index (χ4n) is 4.11. The van der Waals surface area contributed by atoms with Crippen molar-refractivity contribution in [1.29, 1.82) is 0 Å². The maximum absolute atomic E-state index is 12.4. The number of hydrogen-bond donors (Lipinski definition) is 1. The highest BCUT2D eigenvalue weighted by Gasteiger charge is 2.34. The number of ether oxygens (including phenoxy) is 1. The van der Waals surface area contributed by atoms with Gasteiger partial charge in [-0.1, -0.05) is 11.6 Å². The summed E-state index contributed by atoms with van der Waals surface area (Å²) in [7, 11) is 0. The first-order valence-electron chi connectivity index (χ1n) is 11.0. The smallest absolute Gasteiger partial charge is 0.414 e. The fraction of sp³-hybridized carbons (Fsp3) is 0.435. The molecule has 1 atom stereocenters. The third-order valence-corrected chi connectivity index (χ3v) is 7.15. The van der Waals surface area contributed by atoms with Gasteiger partial charge in [-0.15, -0.1) is 11.3 Å². The van der Waals surface area contributed by atoms with Crippen LogP contribution in [0.15, 0.2) is 41.4 Å². The molecule has 2 fully saturated rings. The molecule has 1 saturated heterocycles.